The van der Waals surface area contributed by atoms with Gasteiger partial charge in [0.1, 0.15) is 0 Å². The molecule has 1 aliphatic rings. The lowest BCUT2D eigenvalue weighted by atomic mass is 9.94. The van der Waals surface area contributed by atoms with Crippen molar-refractivity contribution < 1.29 is 0 Å². The van der Waals surface area contributed by atoms with Crippen molar-refractivity contribution in [3.63, 3.8) is 0 Å². The number of aryl methyl sites for hydroxylation is 1. The van der Waals surface area contributed by atoms with Crippen LogP contribution in [0.3, 0.4) is 0 Å². The first kappa shape index (κ1) is 16.6. The van der Waals surface area contributed by atoms with E-state index < -0.39 is 0 Å². The van der Waals surface area contributed by atoms with Gasteiger partial charge in [-0.05, 0) is 36.6 Å². The largest absolute Gasteiger partial charge is 0.349 e. The second kappa shape index (κ2) is 7.15. The van der Waals surface area contributed by atoms with Crippen LogP contribution in [0.25, 0.3) is 5.65 Å². The van der Waals surface area contributed by atoms with Gasteiger partial charge in [0.05, 0.1) is 6.54 Å². The Kier molecular flexibility index (Phi) is 4.56. The van der Waals surface area contributed by atoms with Crippen molar-refractivity contribution in [1.82, 2.24) is 24.8 Å². The zero-order chi connectivity index (χ0) is 17.9. The molecule has 1 unspecified atom stereocenters. The summed E-state index contributed by atoms with van der Waals surface area (Å²) in [5, 5.41) is 11.9. The maximum Gasteiger partial charge on any atom is 0.194 e. The molecule has 6 heteroatoms. The quantitative estimate of drug-likeness (QED) is 0.584. The smallest absolute Gasteiger partial charge is 0.194 e. The van der Waals surface area contributed by atoms with Crippen molar-refractivity contribution in [2.45, 2.75) is 25.8 Å². The number of aromatic nitrogens is 3. The summed E-state index contributed by atoms with van der Waals surface area (Å²) in [7, 11) is 1.84. The van der Waals surface area contributed by atoms with Crippen LogP contribution in [0.1, 0.15) is 29.3 Å². The van der Waals surface area contributed by atoms with Crippen LogP contribution in [-0.4, -0.2) is 45.6 Å². The molecule has 3 heterocycles. The molecule has 1 atom stereocenters. The van der Waals surface area contributed by atoms with E-state index >= 15 is 0 Å². The molecule has 0 saturated carbocycles. The fourth-order valence-electron chi connectivity index (χ4n) is 3.75. The Morgan fingerprint density at radius 3 is 2.88 bits per heavy atom. The van der Waals surface area contributed by atoms with E-state index in [0.717, 1.165) is 36.9 Å². The first-order chi connectivity index (χ1) is 12.8. The average Bonchev–Trinajstić information content (AvgIpc) is 3.30. The van der Waals surface area contributed by atoms with Gasteiger partial charge in [0.15, 0.2) is 17.4 Å². The second-order valence-corrected chi connectivity index (χ2v) is 6.73. The molecular weight excluding hydrogens is 324 g/mol. The number of rotatable bonds is 3. The van der Waals surface area contributed by atoms with Crippen LogP contribution in [0.4, 0.5) is 0 Å². The zero-order valence-corrected chi connectivity index (χ0v) is 15.3. The molecule has 0 bridgehead atoms. The van der Waals surface area contributed by atoms with Crippen molar-refractivity contribution >= 4 is 11.6 Å². The Balaban J connectivity index is 1.43. The number of likely N-dealkylation sites (tertiary alicyclic amines) is 1. The minimum Gasteiger partial charge on any atom is -0.349 e. The van der Waals surface area contributed by atoms with E-state index in [0.29, 0.717) is 12.5 Å². The van der Waals surface area contributed by atoms with Crippen molar-refractivity contribution in [3.8, 4) is 0 Å². The average molecular weight is 348 g/mol. The van der Waals surface area contributed by atoms with Crippen LogP contribution >= 0.6 is 0 Å². The maximum atomic E-state index is 4.47. The molecular formula is C20H24N6. The Labute approximate surface area is 153 Å². The zero-order valence-electron chi connectivity index (χ0n) is 15.3. The summed E-state index contributed by atoms with van der Waals surface area (Å²) >= 11 is 0. The number of pyridine rings is 1. The predicted molar refractivity (Wildman–Crippen MR) is 103 cm³/mol. The van der Waals surface area contributed by atoms with Gasteiger partial charge >= 0.3 is 0 Å². The summed E-state index contributed by atoms with van der Waals surface area (Å²) in [5.41, 5.74) is 3.69. The fourth-order valence-corrected chi connectivity index (χ4v) is 3.75. The number of nitrogens with zero attached hydrogens (tertiary/aromatic N) is 5. The minimum absolute atomic E-state index is 0.559. The van der Waals surface area contributed by atoms with Gasteiger partial charge in [-0.15, -0.1) is 10.2 Å². The molecule has 2 aromatic heterocycles. The van der Waals surface area contributed by atoms with Crippen LogP contribution in [0, 0.1) is 6.92 Å². The van der Waals surface area contributed by atoms with E-state index in [9.17, 15) is 0 Å². The summed E-state index contributed by atoms with van der Waals surface area (Å²) < 4.78 is 2.00. The minimum atomic E-state index is 0.559. The summed E-state index contributed by atoms with van der Waals surface area (Å²) in [5.74, 6) is 2.37. The van der Waals surface area contributed by atoms with Gasteiger partial charge in [-0.3, -0.25) is 9.39 Å². The molecule has 1 fully saturated rings. The van der Waals surface area contributed by atoms with Crippen LogP contribution in [0.5, 0.6) is 0 Å². The molecule has 1 aromatic carbocycles. The monoisotopic (exact) mass is 348 g/mol. The van der Waals surface area contributed by atoms with Crippen molar-refractivity contribution in [3.05, 3.63) is 65.6 Å². The van der Waals surface area contributed by atoms with Gasteiger partial charge in [-0.1, -0.05) is 30.3 Å². The van der Waals surface area contributed by atoms with Crippen molar-refractivity contribution in [1.29, 1.82) is 0 Å². The molecule has 4 rings (SSSR count). The number of aliphatic imine (C=N–C) groups is 1. The number of benzene rings is 1. The summed E-state index contributed by atoms with van der Waals surface area (Å²) in [6.07, 6.45) is 3.14. The normalized spacial score (nSPS) is 17.8. The number of hydrogen-bond donors (Lipinski definition) is 1. The van der Waals surface area contributed by atoms with Gasteiger partial charge in [0.25, 0.3) is 0 Å². The molecule has 0 radical (unpaired) electrons. The fraction of sp³-hybridized carbons (Fsp3) is 0.350. The van der Waals surface area contributed by atoms with E-state index in [1.54, 1.807) is 0 Å². The maximum absolute atomic E-state index is 4.47. The number of fused-ring (bicyclic) bond motifs is 1. The molecule has 1 saturated heterocycles. The second-order valence-electron chi connectivity index (χ2n) is 6.73. The van der Waals surface area contributed by atoms with E-state index in [-0.39, 0.29) is 0 Å². The standard InChI is InChI=1S/C20H24N6/c1-15-7-3-4-8-17(15)16-10-12-25(14-16)20(21-2)22-13-19-24-23-18-9-5-6-11-26(18)19/h3-9,11,16H,10,12-14H2,1-2H3,(H,21,22). The number of hydrogen-bond acceptors (Lipinski definition) is 3. The third-order valence-electron chi connectivity index (χ3n) is 5.12. The van der Waals surface area contributed by atoms with Gasteiger partial charge in [-0.25, -0.2) is 0 Å². The van der Waals surface area contributed by atoms with E-state index in [1.807, 2.05) is 35.8 Å². The molecule has 26 heavy (non-hydrogen) atoms. The van der Waals surface area contributed by atoms with Crippen molar-refractivity contribution in [2.75, 3.05) is 20.1 Å². The molecule has 134 valence electrons. The lowest BCUT2D eigenvalue weighted by molar-refractivity contribution is 0.484. The van der Waals surface area contributed by atoms with Gasteiger partial charge in [0, 0.05) is 32.3 Å². The highest BCUT2D eigenvalue weighted by atomic mass is 15.3. The van der Waals surface area contributed by atoms with Crippen LogP contribution in [0.2, 0.25) is 0 Å². The predicted octanol–water partition coefficient (Wildman–Crippen LogP) is 2.60. The highest BCUT2D eigenvalue weighted by Crippen LogP contribution is 2.29. The first-order valence-electron chi connectivity index (χ1n) is 9.06. The third-order valence-corrected chi connectivity index (χ3v) is 5.12. The highest BCUT2D eigenvalue weighted by Gasteiger charge is 2.26. The van der Waals surface area contributed by atoms with Crippen LogP contribution < -0.4 is 5.32 Å². The van der Waals surface area contributed by atoms with Crippen LogP contribution in [-0.2, 0) is 6.54 Å². The summed E-state index contributed by atoms with van der Waals surface area (Å²) in [4.78, 5) is 6.81. The van der Waals surface area contributed by atoms with E-state index in [1.165, 1.54) is 11.1 Å². The summed E-state index contributed by atoms with van der Waals surface area (Å²) in [6.45, 7) is 4.80. The Bertz CT molecular complexity index is 929. The molecule has 0 aliphatic carbocycles. The Morgan fingerprint density at radius 1 is 1.19 bits per heavy atom. The third kappa shape index (κ3) is 3.14. The topological polar surface area (TPSA) is 57.8 Å². The summed E-state index contributed by atoms with van der Waals surface area (Å²) in [6, 6.07) is 14.6. The number of nitrogens with one attached hydrogen (secondary N) is 1. The molecule has 3 aromatic rings. The Morgan fingerprint density at radius 2 is 2.04 bits per heavy atom. The molecule has 1 aliphatic heterocycles. The first-order valence-corrected chi connectivity index (χ1v) is 9.06. The van der Waals surface area contributed by atoms with Crippen molar-refractivity contribution in [2.24, 2.45) is 4.99 Å². The van der Waals surface area contributed by atoms with Crippen LogP contribution in [0.15, 0.2) is 53.7 Å². The molecule has 6 nitrogen and oxygen atoms in total. The van der Waals surface area contributed by atoms with E-state index in [4.69, 9.17) is 0 Å². The number of guanidine groups is 1. The highest BCUT2D eigenvalue weighted by molar-refractivity contribution is 5.80. The van der Waals surface area contributed by atoms with E-state index in [2.05, 4.69) is 56.6 Å². The molecule has 1 N–H and O–H groups in total. The van der Waals surface area contributed by atoms with Gasteiger partial charge in [0.2, 0.25) is 0 Å². The lowest BCUT2D eigenvalue weighted by Gasteiger charge is -2.22. The SMILES string of the molecule is CN=C(NCc1nnc2ccccn12)N1CCC(c2ccccc2C)C1. The van der Waals surface area contributed by atoms with Gasteiger partial charge in [-0.2, -0.15) is 0 Å². The lowest BCUT2D eigenvalue weighted by Crippen LogP contribution is -2.39. The Hall–Kier alpha value is -2.89. The molecule has 0 spiro atoms. The molecule has 0 amide bonds. The van der Waals surface area contributed by atoms with Gasteiger partial charge < -0.3 is 10.2 Å².